The Morgan fingerprint density at radius 3 is 1.39 bits per heavy atom. The van der Waals surface area contributed by atoms with Crippen molar-refractivity contribution in [1.29, 1.82) is 0 Å². The molecular formula is C29H36Br2Si2. The summed E-state index contributed by atoms with van der Waals surface area (Å²) < 4.78 is 0. The van der Waals surface area contributed by atoms with Gasteiger partial charge in [-0.05, 0) is 72.2 Å². The van der Waals surface area contributed by atoms with Crippen molar-refractivity contribution in [2.45, 2.75) is 70.4 Å². The first-order valence-electron chi connectivity index (χ1n) is 12.0. The Morgan fingerprint density at radius 2 is 1.06 bits per heavy atom. The van der Waals surface area contributed by atoms with E-state index in [-0.39, 0.29) is 5.41 Å². The number of benzene rings is 2. The molecule has 0 bridgehead atoms. The molecule has 3 rings (SSSR count). The number of alkyl halides is 2. The van der Waals surface area contributed by atoms with Crippen LogP contribution in [0.15, 0.2) is 36.4 Å². The third-order valence-electron chi connectivity index (χ3n) is 6.00. The molecule has 0 nitrogen and oxygen atoms in total. The van der Waals surface area contributed by atoms with Gasteiger partial charge in [0.1, 0.15) is 16.1 Å². The molecule has 0 amide bonds. The van der Waals surface area contributed by atoms with Crippen LogP contribution in [0.2, 0.25) is 39.3 Å². The van der Waals surface area contributed by atoms with Gasteiger partial charge in [-0.3, -0.25) is 0 Å². The summed E-state index contributed by atoms with van der Waals surface area (Å²) in [4.78, 5) is 0. The van der Waals surface area contributed by atoms with Crippen LogP contribution in [0.5, 0.6) is 0 Å². The molecule has 0 radical (unpaired) electrons. The van der Waals surface area contributed by atoms with E-state index >= 15 is 0 Å². The fourth-order valence-corrected chi connectivity index (χ4v) is 6.17. The molecule has 0 unspecified atom stereocenters. The van der Waals surface area contributed by atoms with Crippen molar-refractivity contribution in [2.24, 2.45) is 0 Å². The number of hydrogen-bond acceptors (Lipinski definition) is 0. The van der Waals surface area contributed by atoms with Crippen molar-refractivity contribution < 1.29 is 0 Å². The first kappa shape index (κ1) is 26.6. The van der Waals surface area contributed by atoms with Gasteiger partial charge in [-0.2, -0.15) is 0 Å². The number of halogens is 2. The SMILES string of the molecule is C[Si](C)(C)C#Cc1ccc2c(c1)C(CCCBr)(CCCBr)c1cc(C#C[Si](C)(C)C)ccc1-2. The Bertz CT molecular complexity index is 1040. The maximum atomic E-state index is 3.71. The maximum Gasteiger partial charge on any atom is 0.129 e. The molecule has 0 saturated carbocycles. The summed E-state index contributed by atoms with van der Waals surface area (Å²) >= 11 is 7.41. The highest BCUT2D eigenvalue weighted by atomic mass is 79.9. The molecule has 1 aliphatic rings. The second-order valence-electron chi connectivity index (χ2n) is 11.2. The summed E-state index contributed by atoms with van der Waals surface area (Å²) in [5, 5.41) is 2.05. The third kappa shape index (κ3) is 6.55. The number of rotatable bonds is 6. The van der Waals surface area contributed by atoms with E-state index in [1.807, 2.05) is 0 Å². The van der Waals surface area contributed by atoms with E-state index in [0.29, 0.717) is 0 Å². The minimum absolute atomic E-state index is 0.0277. The lowest BCUT2D eigenvalue weighted by Crippen LogP contribution is -2.26. The fraction of sp³-hybridized carbons (Fsp3) is 0.448. The standard InChI is InChI=1S/C29H36Br2Si2/c1-32(2,3)19-13-23-9-11-25-26-12-10-24(14-20-33(4,5)6)22-28(26)29(15-7-17-30,16-8-18-31)27(25)21-23/h9-12,21-22H,7-8,15-18H2,1-6H3. The van der Waals surface area contributed by atoms with Crippen molar-refractivity contribution in [3.8, 4) is 34.1 Å². The summed E-state index contributed by atoms with van der Waals surface area (Å²) in [6.07, 6.45) is 4.58. The molecule has 174 valence electrons. The van der Waals surface area contributed by atoms with E-state index in [9.17, 15) is 0 Å². The molecule has 0 fully saturated rings. The Kier molecular flexibility index (Phi) is 8.61. The van der Waals surface area contributed by atoms with Gasteiger partial charge in [0, 0.05) is 27.2 Å². The van der Waals surface area contributed by atoms with E-state index in [0.717, 1.165) is 47.5 Å². The maximum absolute atomic E-state index is 3.71. The molecule has 0 saturated heterocycles. The average Bonchev–Trinajstić information content (AvgIpc) is 3.01. The van der Waals surface area contributed by atoms with Crippen LogP contribution in [-0.2, 0) is 5.41 Å². The zero-order valence-corrected chi connectivity index (χ0v) is 26.1. The molecule has 2 aromatic carbocycles. The molecule has 0 atom stereocenters. The van der Waals surface area contributed by atoms with Crippen LogP contribution in [0, 0.1) is 22.9 Å². The highest BCUT2D eigenvalue weighted by Crippen LogP contribution is 2.54. The first-order valence-corrected chi connectivity index (χ1v) is 21.2. The lowest BCUT2D eigenvalue weighted by atomic mass is 9.71. The lowest BCUT2D eigenvalue weighted by molar-refractivity contribution is 0.439. The van der Waals surface area contributed by atoms with Gasteiger partial charge in [-0.1, -0.05) is 95.1 Å². The highest BCUT2D eigenvalue weighted by Gasteiger charge is 2.42. The van der Waals surface area contributed by atoms with Gasteiger partial charge >= 0.3 is 0 Å². The van der Waals surface area contributed by atoms with E-state index in [2.05, 4.69) is 130 Å². The zero-order valence-electron chi connectivity index (χ0n) is 21.0. The smallest absolute Gasteiger partial charge is 0.127 e. The normalized spacial score (nSPS) is 13.9. The molecule has 0 aromatic heterocycles. The fourth-order valence-electron chi connectivity index (χ4n) is 4.57. The topological polar surface area (TPSA) is 0 Å². The number of hydrogen-bond donors (Lipinski definition) is 0. The molecular weight excluding hydrogens is 564 g/mol. The monoisotopic (exact) mass is 598 g/mol. The molecule has 0 heterocycles. The van der Waals surface area contributed by atoms with Crippen LogP contribution in [0.4, 0.5) is 0 Å². The molecule has 0 spiro atoms. The predicted octanol–water partition coefficient (Wildman–Crippen LogP) is 8.76. The van der Waals surface area contributed by atoms with Crippen molar-refractivity contribution >= 4 is 48.0 Å². The van der Waals surface area contributed by atoms with Gasteiger partial charge < -0.3 is 0 Å². The summed E-state index contributed by atoms with van der Waals surface area (Å²) in [5.74, 6) is 7.03. The summed E-state index contributed by atoms with van der Waals surface area (Å²) in [6.45, 7) is 13.8. The molecule has 0 N–H and O–H groups in total. The summed E-state index contributed by atoms with van der Waals surface area (Å²) in [7, 11) is -2.85. The van der Waals surface area contributed by atoms with Gasteiger partial charge in [-0.25, -0.2) is 0 Å². The van der Waals surface area contributed by atoms with Crippen molar-refractivity contribution in [3.63, 3.8) is 0 Å². The first-order chi connectivity index (χ1) is 15.5. The third-order valence-corrected chi connectivity index (χ3v) is 8.87. The molecule has 4 heteroatoms. The lowest BCUT2D eigenvalue weighted by Gasteiger charge is -2.32. The van der Waals surface area contributed by atoms with Crippen LogP contribution < -0.4 is 0 Å². The van der Waals surface area contributed by atoms with Crippen LogP contribution in [-0.4, -0.2) is 26.8 Å². The second kappa shape index (κ2) is 10.7. The highest BCUT2D eigenvalue weighted by molar-refractivity contribution is 9.09. The van der Waals surface area contributed by atoms with Crippen LogP contribution in [0.25, 0.3) is 11.1 Å². The zero-order chi connectivity index (χ0) is 24.3. The minimum Gasteiger partial charge on any atom is -0.127 e. The largest absolute Gasteiger partial charge is 0.129 e. The summed E-state index contributed by atoms with van der Waals surface area (Å²) in [5.41, 5.74) is 15.2. The van der Waals surface area contributed by atoms with Gasteiger partial charge in [0.2, 0.25) is 0 Å². The Morgan fingerprint density at radius 1 is 0.667 bits per heavy atom. The van der Waals surface area contributed by atoms with Gasteiger partial charge in [0.15, 0.2) is 0 Å². The van der Waals surface area contributed by atoms with Crippen LogP contribution in [0.3, 0.4) is 0 Å². The van der Waals surface area contributed by atoms with E-state index in [1.165, 1.54) is 22.3 Å². The van der Waals surface area contributed by atoms with Crippen LogP contribution in [0.1, 0.15) is 47.9 Å². The van der Waals surface area contributed by atoms with Crippen LogP contribution >= 0.6 is 31.9 Å². The number of fused-ring (bicyclic) bond motifs is 3. The van der Waals surface area contributed by atoms with Crippen molar-refractivity contribution in [2.75, 3.05) is 10.7 Å². The van der Waals surface area contributed by atoms with Gasteiger partial charge in [-0.15, -0.1) is 11.1 Å². The van der Waals surface area contributed by atoms with Crippen molar-refractivity contribution in [1.82, 2.24) is 0 Å². The summed E-state index contributed by atoms with van der Waals surface area (Å²) in [6, 6.07) is 13.9. The molecule has 2 aromatic rings. The Balaban J connectivity index is 2.21. The molecule has 33 heavy (non-hydrogen) atoms. The quantitative estimate of drug-likeness (QED) is 0.177. The Hall–Kier alpha value is -1.05. The predicted molar refractivity (Wildman–Crippen MR) is 159 cm³/mol. The Labute approximate surface area is 220 Å². The van der Waals surface area contributed by atoms with Gasteiger partial charge in [0.25, 0.3) is 0 Å². The van der Waals surface area contributed by atoms with E-state index < -0.39 is 16.1 Å². The average molecular weight is 601 g/mol. The van der Waals surface area contributed by atoms with E-state index in [1.54, 1.807) is 0 Å². The second-order valence-corrected chi connectivity index (χ2v) is 22.3. The molecule has 1 aliphatic carbocycles. The molecule has 0 aliphatic heterocycles. The van der Waals surface area contributed by atoms with Crippen molar-refractivity contribution in [3.05, 3.63) is 58.7 Å². The van der Waals surface area contributed by atoms with Gasteiger partial charge in [0.05, 0.1) is 0 Å². The minimum atomic E-state index is -1.42. The van der Waals surface area contributed by atoms with E-state index in [4.69, 9.17) is 0 Å².